The standard InChI is InChI=1S/C20H21ClFN3O/c1-20(2,3)11-18(26)24-19-15(21)10-17-16(23-19)8-9-25(17)12-13-4-6-14(22)7-5-13/h4-10H,11-12H2,1-3H3,(H,23,24,26). The van der Waals surface area contributed by atoms with Crippen LogP contribution in [0.25, 0.3) is 11.0 Å². The molecule has 0 atom stereocenters. The second-order valence-corrected chi connectivity index (χ2v) is 7.99. The molecule has 0 radical (unpaired) electrons. The van der Waals surface area contributed by atoms with Crippen molar-refractivity contribution in [1.29, 1.82) is 0 Å². The van der Waals surface area contributed by atoms with Gasteiger partial charge in [-0.05, 0) is 35.2 Å². The van der Waals surface area contributed by atoms with Crippen molar-refractivity contribution in [2.24, 2.45) is 5.41 Å². The maximum absolute atomic E-state index is 13.1. The molecule has 26 heavy (non-hydrogen) atoms. The Morgan fingerprint density at radius 3 is 2.58 bits per heavy atom. The molecule has 0 aliphatic rings. The molecule has 0 aliphatic heterocycles. The monoisotopic (exact) mass is 373 g/mol. The van der Waals surface area contributed by atoms with Crippen molar-refractivity contribution >= 4 is 34.4 Å². The zero-order valence-electron chi connectivity index (χ0n) is 15.0. The van der Waals surface area contributed by atoms with Gasteiger partial charge in [-0.3, -0.25) is 4.79 Å². The number of amides is 1. The lowest BCUT2D eigenvalue weighted by Crippen LogP contribution is -2.20. The Morgan fingerprint density at radius 2 is 1.92 bits per heavy atom. The Bertz CT molecular complexity index is 942. The summed E-state index contributed by atoms with van der Waals surface area (Å²) in [5.41, 5.74) is 2.46. The van der Waals surface area contributed by atoms with E-state index >= 15 is 0 Å². The van der Waals surface area contributed by atoms with Crippen LogP contribution in [0.1, 0.15) is 32.8 Å². The van der Waals surface area contributed by atoms with Gasteiger partial charge < -0.3 is 9.88 Å². The number of carbonyl (C=O) groups excluding carboxylic acids is 1. The number of halogens is 2. The minimum Gasteiger partial charge on any atom is -0.342 e. The summed E-state index contributed by atoms with van der Waals surface area (Å²) in [4.78, 5) is 16.6. The van der Waals surface area contributed by atoms with Gasteiger partial charge in [-0.2, -0.15) is 0 Å². The Labute approximate surface area is 157 Å². The molecule has 0 spiro atoms. The predicted molar refractivity (Wildman–Crippen MR) is 103 cm³/mol. The Balaban J connectivity index is 1.84. The van der Waals surface area contributed by atoms with Gasteiger partial charge in [0, 0.05) is 19.2 Å². The molecule has 0 unspecified atom stereocenters. The van der Waals surface area contributed by atoms with E-state index in [9.17, 15) is 9.18 Å². The topological polar surface area (TPSA) is 46.9 Å². The fourth-order valence-electron chi connectivity index (χ4n) is 2.76. The second-order valence-electron chi connectivity index (χ2n) is 7.58. The molecule has 0 saturated carbocycles. The number of rotatable bonds is 4. The van der Waals surface area contributed by atoms with Crippen LogP contribution in [-0.2, 0) is 11.3 Å². The molecule has 0 bridgehead atoms. The van der Waals surface area contributed by atoms with E-state index in [4.69, 9.17) is 11.6 Å². The molecule has 1 N–H and O–H groups in total. The van der Waals surface area contributed by atoms with E-state index in [1.54, 1.807) is 18.2 Å². The highest BCUT2D eigenvalue weighted by atomic mass is 35.5. The van der Waals surface area contributed by atoms with E-state index in [2.05, 4.69) is 10.3 Å². The summed E-state index contributed by atoms with van der Waals surface area (Å²) in [7, 11) is 0. The summed E-state index contributed by atoms with van der Waals surface area (Å²) in [6, 6.07) is 10.0. The van der Waals surface area contributed by atoms with Gasteiger partial charge in [0.2, 0.25) is 5.91 Å². The van der Waals surface area contributed by atoms with Crippen LogP contribution in [0, 0.1) is 11.2 Å². The van der Waals surface area contributed by atoms with Crippen LogP contribution in [0.15, 0.2) is 42.6 Å². The fourth-order valence-corrected chi connectivity index (χ4v) is 2.95. The number of pyridine rings is 1. The first-order valence-electron chi connectivity index (χ1n) is 8.41. The summed E-state index contributed by atoms with van der Waals surface area (Å²) in [6.07, 6.45) is 2.28. The highest BCUT2D eigenvalue weighted by Gasteiger charge is 2.18. The summed E-state index contributed by atoms with van der Waals surface area (Å²) in [6.45, 7) is 6.58. The number of benzene rings is 1. The van der Waals surface area contributed by atoms with Crippen molar-refractivity contribution in [3.8, 4) is 0 Å². The van der Waals surface area contributed by atoms with Crippen LogP contribution < -0.4 is 5.32 Å². The third kappa shape index (κ3) is 4.41. The minimum atomic E-state index is -0.258. The van der Waals surface area contributed by atoms with Crippen LogP contribution >= 0.6 is 11.6 Å². The van der Waals surface area contributed by atoms with E-state index in [1.165, 1.54) is 12.1 Å². The Hall–Kier alpha value is -2.40. The number of hydrogen-bond donors (Lipinski definition) is 1. The van der Waals surface area contributed by atoms with Gasteiger partial charge in [0.05, 0.1) is 16.1 Å². The highest BCUT2D eigenvalue weighted by molar-refractivity contribution is 6.34. The molecule has 1 aromatic carbocycles. The minimum absolute atomic E-state index is 0.112. The van der Waals surface area contributed by atoms with Crippen LogP contribution in [0.5, 0.6) is 0 Å². The number of carbonyl (C=O) groups is 1. The van der Waals surface area contributed by atoms with E-state index in [1.807, 2.05) is 37.6 Å². The zero-order valence-corrected chi connectivity index (χ0v) is 15.8. The smallest absolute Gasteiger partial charge is 0.226 e. The first kappa shape index (κ1) is 18.4. The largest absolute Gasteiger partial charge is 0.342 e. The van der Waals surface area contributed by atoms with Gasteiger partial charge in [-0.1, -0.05) is 44.5 Å². The van der Waals surface area contributed by atoms with Gasteiger partial charge in [-0.15, -0.1) is 0 Å². The zero-order chi connectivity index (χ0) is 18.9. The van der Waals surface area contributed by atoms with E-state index in [-0.39, 0.29) is 17.1 Å². The van der Waals surface area contributed by atoms with Gasteiger partial charge in [0.15, 0.2) is 5.82 Å². The van der Waals surface area contributed by atoms with E-state index < -0.39 is 0 Å². The molecule has 1 amide bonds. The maximum Gasteiger partial charge on any atom is 0.226 e. The van der Waals surface area contributed by atoms with Crippen LogP contribution in [0.2, 0.25) is 5.02 Å². The number of fused-ring (bicyclic) bond motifs is 1. The summed E-state index contributed by atoms with van der Waals surface area (Å²) in [5.74, 6) is -0.00332. The van der Waals surface area contributed by atoms with Crippen LogP contribution in [-0.4, -0.2) is 15.5 Å². The Kier molecular flexibility index (Phi) is 5.01. The normalized spacial score (nSPS) is 11.7. The number of nitrogens with zero attached hydrogens (tertiary/aromatic N) is 2. The lowest BCUT2D eigenvalue weighted by atomic mass is 9.92. The lowest BCUT2D eigenvalue weighted by Gasteiger charge is -2.17. The van der Waals surface area contributed by atoms with Crippen molar-refractivity contribution in [2.75, 3.05) is 5.32 Å². The van der Waals surface area contributed by atoms with Gasteiger partial charge in [-0.25, -0.2) is 9.37 Å². The SMILES string of the molecule is CC(C)(C)CC(=O)Nc1nc2ccn(Cc3ccc(F)cc3)c2cc1Cl. The average molecular weight is 374 g/mol. The molecular formula is C20H21ClFN3O. The van der Waals surface area contributed by atoms with E-state index in [0.717, 1.165) is 16.6 Å². The molecular weight excluding hydrogens is 353 g/mol. The van der Waals surface area contributed by atoms with Crippen molar-refractivity contribution in [2.45, 2.75) is 33.7 Å². The number of anilines is 1. The first-order valence-corrected chi connectivity index (χ1v) is 8.79. The second kappa shape index (κ2) is 7.08. The van der Waals surface area contributed by atoms with Crippen molar-refractivity contribution < 1.29 is 9.18 Å². The summed E-state index contributed by atoms with van der Waals surface area (Å²) < 4.78 is 15.0. The number of nitrogens with one attached hydrogen (secondary N) is 1. The molecule has 4 nitrogen and oxygen atoms in total. The lowest BCUT2D eigenvalue weighted by molar-refractivity contribution is -0.117. The summed E-state index contributed by atoms with van der Waals surface area (Å²) in [5, 5.41) is 3.18. The van der Waals surface area contributed by atoms with Gasteiger partial charge in [0.1, 0.15) is 5.82 Å². The van der Waals surface area contributed by atoms with Crippen LogP contribution in [0.4, 0.5) is 10.2 Å². The first-order chi connectivity index (χ1) is 12.2. The third-order valence-electron chi connectivity index (χ3n) is 3.92. The predicted octanol–water partition coefficient (Wildman–Crippen LogP) is 5.25. The van der Waals surface area contributed by atoms with E-state index in [0.29, 0.717) is 23.8 Å². The van der Waals surface area contributed by atoms with Gasteiger partial charge in [0.25, 0.3) is 0 Å². The molecule has 2 heterocycles. The molecule has 3 aromatic rings. The molecule has 3 rings (SSSR count). The fraction of sp³-hybridized carbons (Fsp3) is 0.300. The molecule has 136 valence electrons. The third-order valence-corrected chi connectivity index (χ3v) is 4.21. The average Bonchev–Trinajstić information content (AvgIpc) is 2.90. The molecule has 2 aromatic heterocycles. The maximum atomic E-state index is 13.1. The van der Waals surface area contributed by atoms with Crippen molar-refractivity contribution in [3.63, 3.8) is 0 Å². The molecule has 6 heteroatoms. The van der Waals surface area contributed by atoms with Crippen LogP contribution in [0.3, 0.4) is 0 Å². The Morgan fingerprint density at radius 1 is 1.23 bits per heavy atom. The van der Waals surface area contributed by atoms with Crippen molar-refractivity contribution in [1.82, 2.24) is 9.55 Å². The number of aromatic nitrogens is 2. The molecule has 0 saturated heterocycles. The summed E-state index contributed by atoms with van der Waals surface area (Å²) >= 11 is 6.33. The number of hydrogen-bond acceptors (Lipinski definition) is 2. The molecule has 0 aliphatic carbocycles. The quantitative estimate of drug-likeness (QED) is 0.678. The van der Waals surface area contributed by atoms with Crippen molar-refractivity contribution in [3.05, 3.63) is 59.0 Å². The van der Waals surface area contributed by atoms with Gasteiger partial charge >= 0.3 is 0 Å². The molecule has 0 fully saturated rings. The highest BCUT2D eigenvalue weighted by Crippen LogP contribution is 2.27.